The van der Waals surface area contributed by atoms with Crippen LogP contribution in [0.3, 0.4) is 0 Å². The van der Waals surface area contributed by atoms with Crippen molar-refractivity contribution in [1.82, 2.24) is 9.88 Å². The molecule has 21 heavy (non-hydrogen) atoms. The number of amides is 1. The first-order valence-electron chi connectivity index (χ1n) is 7.14. The van der Waals surface area contributed by atoms with E-state index < -0.39 is 0 Å². The van der Waals surface area contributed by atoms with Crippen molar-refractivity contribution in [1.29, 1.82) is 0 Å². The molecule has 0 bridgehead atoms. The zero-order valence-corrected chi connectivity index (χ0v) is 13.3. The number of aryl methyl sites for hydroxylation is 1. The van der Waals surface area contributed by atoms with Crippen LogP contribution in [0.25, 0.3) is 0 Å². The normalized spacial score (nSPS) is 10.6. The summed E-state index contributed by atoms with van der Waals surface area (Å²) in [5.41, 5.74) is 8.42. The van der Waals surface area contributed by atoms with Crippen molar-refractivity contribution < 1.29 is 4.79 Å². The van der Waals surface area contributed by atoms with Gasteiger partial charge in [-0.25, -0.2) is 4.98 Å². The predicted molar refractivity (Wildman–Crippen MR) is 86.5 cm³/mol. The van der Waals surface area contributed by atoms with Crippen LogP contribution in [0.5, 0.6) is 0 Å². The Kier molecular flexibility index (Phi) is 5.47. The number of carbonyl (C=O) groups excluding carboxylic acids is 1. The van der Waals surface area contributed by atoms with Gasteiger partial charge in [0.15, 0.2) is 0 Å². The molecule has 2 rings (SSSR count). The van der Waals surface area contributed by atoms with E-state index in [1.807, 2.05) is 29.3 Å². The molecule has 1 heterocycles. The molecule has 1 aromatic heterocycles. The van der Waals surface area contributed by atoms with Crippen molar-refractivity contribution in [3.63, 3.8) is 0 Å². The van der Waals surface area contributed by atoms with Crippen LogP contribution in [0.15, 0.2) is 29.6 Å². The largest absolute Gasteiger partial charge is 0.333 e. The Morgan fingerprint density at radius 1 is 1.38 bits per heavy atom. The molecule has 2 N–H and O–H groups in total. The van der Waals surface area contributed by atoms with Gasteiger partial charge < -0.3 is 10.6 Å². The van der Waals surface area contributed by atoms with Crippen LogP contribution in [0, 0.1) is 6.92 Å². The van der Waals surface area contributed by atoms with E-state index in [0.29, 0.717) is 25.3 Å². The molecular formula is C16H21N3OS. The summed E-state index contributed by atoms with van der Waals surface area (Å²) in [5, 5.41) is 2.75. The lowest BCUT2D eigenvalue weighted by Gasteiger charge is -2.21. The highest BCUT2D eigenvalue weighted by atomic mass is 32.1. The molecule has 5 heteroatoms. The van der Waals surface area contributed by atoms with E-state index in [2.05, 4.69) is 24.0 Å². The van der Waals surface area contributed by atoms with Crippen molar-refractivity contribution in [2.75, 3.05) is 13.1 Å². The number of aromatic nitrogens is 1. The Balaban J connectivity index is 2.12. The highest BCUT2D eigenvalue weighted by Gasteiger charge is 2.18. The second kappa shape index (κ2) is 7.33. The molecule has 0 aliphatic heterocycles. The lowest BCUT2D eigenvalue weighted by atomic mass is 10.1. The maximum Gasteiger partial charge on any atom is 0.273 e. The van der Waals surface area contributed by atoms with E-state index in [9.17, 15) is 4.79 Å². The first-order chi connectivity index (χ1) is 10.2. The summed E-state index contributed by atoms with van der Waals surface area (Å²) in [7, 11) is 0. The van der Waals surface area contributed by atoms with Gasteiger partial charge in [0.2, 0.25) is 0 Å². The molecule has 1 aromatic carbocycles. The molecular weight excluding hydrogens is 282 g/mol. The van der Waals surface area contributed by atoms with Crippen molar-refractivity contribution >= 4 is 17.2 Å². The Morgan fingerprint density at radius 2 is 2.14 bits per heavy atom. The minimum atomic E-state index is -0.0136. The third kappa shape index (κ3) is 3.89. The highest BCUT2D eigenvalue weighted by molar-refractivity contribution is 7.09. The molecule has 1 amide bonds. The van der Waals surface area contributed by atoms with Gasteiger partial charge in [-0.1, -0.05) is 24.3 Å². The van der Waals surface area contributed by atoms with Crippen LogP contribution in [-0.4, -0.2) is 28.9 Å². The third-order valence-corrected chi connectivity index (χ3v) is 4.33. The van der Waals surface area contributed by atoms with Crippen LogP contribution in [0.4, 0.5) is 0 Å². The summed E-state index contributed by atoms with van der Waals surface area (Å²) < 4.78 is 0. The van der Waals surface area contributed by atoms with Crippen molar-refractivity contribution in [3.8, 4) is 0 Å². The van der Waals surface area contributed by atoms with Crippen LogP contribution < -0.4 is 5.73 Å². The molecule has 0 radical (unpaired) electrons. The van der Waals surface area contributed by atoms with Crippen molar-refractivity contribution in [2.24, 2.45) is 5.73 Å². The minimum absolute atomic E-state index is 0.0136. The topological polar surface area (TPSA) is 59.2 Å². The number of thiazole rings is 1. The molecule has 112 valence electrons. The first kappa shape index (κ1) is 15.7. The fraction of sp³-hybridized carbons (Fsp3) is 0.375. The lowest BCUT2D eigenvalue weighted by Crippen LogP contribution is -2.30. The van der Waals surface area contributed by atoms with Crippen LogP contribution in [-0.2, 0) is 13.0 Å². The summed E-state index contributed by atoms with van der Waals surface area (Å²) in [4.78, 5) is 18.8. The van der Waals surface area contributed by atoms with E-state index in [0.717, 1.165) is 11.4 Å². The first-order valence-corrected chi connectivity index (χ1v) is 8.02. The van der Waals surface area contributed by atoms with Gasteiger partial charge in [-0.05, 0) is 31.5 Å². The van der Waals surface area contributed by atoms with Gasteiger partial charge in [0.25, 0.3) is 5.91 Å². The average Bonchev–Trinajstić information content (AvgIpc) is 2.95. The molecule has 0 atom stereocenters. The van der Waals surface area contributed by atoms with Gasteiger partial charge in [0, 0.05) is 24.9 Å². The minimum Gasteiger partial charge on any atom is -0.333 e. The van der Waals surface area contributed by atoms with Crippen molar-refractivity contribution in [2.45, 2.75) is 26.8 Å². The Labute approximate surface area is 129 Å². The average molecular weight is 303 g/mol. The molecule has 0 saturated heterocycles. The quantitative estimate of drug-likeness (QED) is 0.892. The van der Waals surface area contributed by atoms with Gasteiger partial charge >= 0.3 is 0 Å². The molecule has 0 aliphatic carbocycles. The Hall–Kier alpha value is -1.72. The third-order valence-electron chi connectivity index (χ3n) is 3.42. The molecule has 2 aromatic rings. The summed E-state index contributed by atoms with van der Waals surface area (Å²) in [6, 6.07) is 8.14. The Morgan fingerprint density at radius 3 is 2.81 bits per heavy atom. The van der Waals surface area contributed by atoms with Gasteiger partial charge in [0.1, 0.15) is 5.69 Å². The number of nitrogens with zero attached hydrogens (tertiary/aromatic N) is 2. The zero-order valence-electron chi connectivity index (χ0n) is 12.5. The van der Waals surface area contributed by atoms with Crippen LogP contribution >= 0.6 is 11.3 Å². The fourth-order valence-electron chi connectivity index (χ4n) is 2.13. The number of benzene rings is 1. The molecule has 0 spiro atoms. The second-order valence-electron chi connectivity index (χ2n) is 4.91. The number of rotatable bonds is 6. The number of nitrogens with two attached hydrogens (primary N) is 1. The van der Waals surface area contributed by atoms with Crippen LogP contribution in [0.2, 0.25) is 0 Å². The maximum absolute atomic E-state index is 12.5. The summed E-state index contributed by atoms with van der Waals surface area (Å²) in [5.74, 6) is -0.0136. The molecule has 0 saturated carbocycles. The number of hydrogen-bond acceptors (Lipinski definition) is 4. The molecule has 0 fully saturated rings. The Bertz CT molecular complexity index is 609. The zero-order chi connectivity index (χ0) is 15.2. The lowest BCUT2D eigenvalue weighted by molar-refractivity contribution is 0.0747. The van der Waals surface area contributed by atoms with Gasteiger partial charge in [-0.15, -0.1) is 11.3 Å². The summed E-state index contributed by atoms with van der Waals surface area (Å²) in [6.45, 7) is 5.89. The molecule has 0 unspecified atom stereocenters. The fourth-order valence-corrected chi connectivity index (χ4v) is 2.92. The molecule has 4 nitrogen and oxygen atoms in total. The molecule has 0 aliphatic rings. The van der Waals surface area contributed by atoms with E-state index in [4.69, 9.17) is 5.73 Å². The monoisotopic (exact) mass is 303 g/mol. The van der Waals surface area contributed by atoms with E-state index in [1.165, 1.54) is 22.5 Å². The highest BCUT2D eigenvalue weighted by Crippen LogP contribution is 2.15. The van der Waals surface area contributed by atoms with Gasteiger partial charge in [-0.2, -0.15) is 0 Å². The van der Waals surface area contributed by atoms with E-state index in [-0.39, 0.29) is 5.91 Å². The van der Waals surface area contributed by atoms with Crippen LogP contribution in [0.1, 0.15) is 33.5 Å². The van der Waals surface area contributed by atoms with E-state index in [1.54, 1.807) is 0 Å². The number of hydrogen-bond donors (Lipinski definition) is 1. The van der Waals surface area contributed by atoms with Gasteiger partial charge in [0.05, 0.1) is 5.01 Å². The summed E-state index contributed by atoms with van der Waals surface area (Å²) >= 11 is 1.50. The smallest absolute Gasteiger partial charge is 0.273 e. The summed E-state index contributed by atoms with van der Waals surface area (Å²) in [6.07, 6.45) is 0.724. The van der Waals surface area contributed by atoms with E-state index >= 15 is 0 Å². The SMILES string of the molecule is CCN(Cc1ccccc1C)C(=O)c1csc(CCN)n1. The number of carbonyl (C=O) groups is 1. The second-order valence-corrected chi connectivity index (χ2v) is 5.85. The van der Waals surface area contributed by atoms with Crippen molar-refractivity contribution in [3.05, 3.63) is 51.5 Å². The maximum atomic E-state index is 12.5. The standard InChI is InChI=1S/C16H21N3OS/c1-3-19(10-13-7-5-4-6-12(13)2)16(20)14-11-21-15(18-14)8-9-17/h4-7,11H,3,8-10,17H2,1-2H3. The predicted octanol–water partition coefficient (Wildman–Crippen LogP) is 2.62. The van der Waals surface area contributed by atoms with Gasteiger partial charge in [-0.3, -0.25) is 4.79 Å².